The first-order valence-electron chi connectivity index (χ1n) is 5.37. The molecule has 3 heteroatoms. The normalized spacial score (nSPS) is 11.2. The highest BCUT2D eigenvalue weighted by atomic mass is 79.9. The average molecular weight is 280 g/mol. The molecule has 1 heterocycles. The highest BCUT2D eigenvalue weighted by Gasteiger charge is 2.06. The summed E-state index contributed by atoms with van der Waals surface area (Å²) in [7, 11) is 0. The molecule has 0 spiro atoms. The average Bonchev–Trinajstić information content (AvgIpc) is 2.22. The van der Waals surface area contributed by atoms with Crippen LogP contribution >= 0.6 is 15.9 Å². The van der Waals surface area contributed by atoms with Gasteiger partial charge in [-0.25, -0.2) is 0 Å². The molecule has 0 unspecified atom stereocenters. The number of fused-ring (bicyclic) bond motifs is 1. The molecule has 0 atom stereocenters. The first kappa shape index (κ1) is 11.4. The van der Waals surface area contributed by atoms with Crippen molar-refractivity contribution in [3.8, 4) is 0 Å². The smallest absolute Gasteiger partial charge is 0.192 e. The monoisotopic (exact) mass is 279 g/mol. The van der Waals surface area contributed by atoms with Gasteiger partial charge < -0.3 is 4.98 Å². The third-order valence-electron chi connectivity index (χ3n) is 2.55. The van der Waals surface area contributed by atoms with E-state index in [4.69, 9.17) is 0 Å². The van der Waals surface area contributed by atoms with E-state index < -0.39 is 0 Å². The maximum atomic E-state index is 12.2. The summed E-state index contributed by atoms with van der Waals surface area (Å²) in [5.74, 6) is 0.491. The molecule has 0 aliphatic heterocycles. The van der Waals surface area contributed by atoms with Crippen molar-refractivity contribution in [1.82, 2.24) is 4.98 Å². The lowest BCUT2D eigenvalue weighted by Gasteiger charge is -2.06. The molecular formula is C13H14BrNO. The molecule has 0 amide bonds. The van der Waals surface area contributed by atoms with E-state index in [1.807, 2.05) is 24.4 Å². The van der Waals surface area contributed by atoms with Crippen LogP contribution in [-0.4, -0.2) is 4.98 Å². The molecule has 1 N–H and O–H groups in total. The summed E-state index contributed by atoms with van der Waals surface area (Å²) >= 11 is 3.39. The quantitative estimate of drug-likeness (QED) is 0.897. The number of rotatable bonds is 2. The predicted octanol–water partition coefficient (Wildman–Crippen LogP) is 3.49. The molecule has 0 fully saturated rings. The standard InChI is InChI=1S/C13H14BrNO/c1-8(2)5-9-7-15-12-4-3-10(14)6-11(12)13(9)16/h3-4,6-8H,5H2,1-2H3,(H,15,16). The highest BCUT2D eigenvalue weighted by Crippen LogP contribution is 2.16. The Labute approximate surface area is 103 Å². The zero-order valence-corrected chi connectivity index (χ0v) is 11.0. The van der Waals surface area contributed by atoms with Crippen LogP contribution in [0.4, 0.5) is 0 Å². The van der Waals surface area contributed by atoms with Gasteiger partial charge in [0.25, 0.3) is 0 Å². The molecule has 0 radical (unpaired) electrons. The van der Waals surface area contributed by atoms with Crippen LogP contribution in [0.15, 0.2) is 33.7 Å². The van der Waals surface area contributed by atoms with Gasteiger partial charge in [-0.3, -0.25) is 4.79 Å². The number of halogens is 1. The van der Waals surface area contributed by atoms with Crippen molar-refractivity contribution < 1.29 is 0 Å². The topological polar surface area (TPSA) is 32.9 Å². The first-order valence-corrected chi connectivity index (χ1v) is 6.17. The lowest BCUT2D eigenvalue weighted by molar-refractivity contribution is 0.644. The van der Waals surface area contributed by atoms with Gasteiger partial charge >= 0.3 is 0 Å². The molecule has 16 heavy (non-hydrogen) atoms. The zero-order chi connectivity index (χ0) is 11.7. The third kappa shape index (κ3) is 2.19. The number of H-pyrrole nitrogens is 1. The summed E-state index contributed by atoms with van der Waals surface area (Å²) in [4.78, 5) is 15.3. The second-order valence-electron chi connectivity index (χ2n) is 4.43. The minimum absolute atomic E-state index is 0.142. The van der Waals surface area contributed by atoms with Gasteiger partial charge in [-0.05, 0) is 30.5 Å². The molecule has 1 aromatic carbocycles. The van der Waals surface area contributed by atoms with Crippen molar-refractivity contribution in [2.75, 3.05) is 0 Å². The fourth-order valence-corrected chi connectivity index (χ4v) is 2.19. The predicted molar refractivity (Wildman–Crippen MR) is 70.8 cm³/mol. The van der Waals surface area contributed by atoms with Gasteiger partial charge in [-0.2, -0.15) is 0 Å². The maximum Gasteiger partial charge on any atom is 0.192 e. The van der Waals surface area contributed by atoms with Crippen molar-refractivity contribution >= 4 is 26.8 Å². The van der Waals surface area contributed by atoms with E-state index in [9.17, 15) is 4.79 Å². The van der Waals surface area contributed by atoms with E-state index in [0.717, 1.165) is 27.4 Å². The van der Waals surface area contributed by atoms with Crippen LogP contribution in [0.3, 0.4) is 0 Å². The lowest BCUT2D eigenvalue weighted by Crippen LogP contribution is -2.12. The summed E-state index contributed by atoms with van der Waals surface area (Å²) in [6.07, 6.45) is 2.65. The van der Waals surface area contributed by atoms with Crippen LogP contribution in [0.1, 0.15) is 19.4 Å². The van der Waals surface area contributed by atoms with Crippen LogP contribution in [0.5, 0.6) is 0 Å². The minimum atomic E-state index is 0.142. The number of hydrogen-bond acceptors (Lipinski definition) is 1. The molecule has 0 aliphatic rings. The molecule has 2 rings (SSSR count). The summed E-state index contributed by atoms with van der Waals surface area (Å²) in [5, 5.41) is 0.757. The second-order valence-corrected chi connectivity index (χ2v) is 5.35. The van der Waals surface area contributed by atoms with Crippen molar-refractivity contribution in [3.63, 3.8) is 0 Å². The SMILES string of the molecule is CC(C)Cc1c[nH]c2ccc(Br)cc2c1=O. The van der Waals surface area contributed by atoms with Crippen LogP contribution in [-0.2, 0) is 6.42 Å². The van der Waals surface area contributed by atoms with E-state index in [2.05, 4.69) is 34.8 Å². The number of aromatic amines is 1. The zero-order valence-electron chi connectivity index (χ0n) is 9.38. The second kappa shape index (κ2) is 4.42. The van der Waals surface area contributed by atoms with E-state index in [0.29, 0.717) is 5.92 Å². The van der Waals surface area contributed by atoms with Gasteiger partial charge in [0, 0.05) is 27.1 Å². The van der Waals surface area contributed by atoms with Crippen LogP contribution in [0, 0.1) is 5.92 Å². The van der Waals surface area contributed by atoms with Crippen molar-refractivity contribution in [2.24, 2.45) is 5.92 Å². The molecule has 2 nitrogen and oxygen atoms in total. The molecule has 0 saturated carbocycles. The Kier molecular flexibility index (Phi) is 3.15. The molecule has 0 aliphatic carbocycles. The first-order chi connectivity index (χ1) is 7.58. The van der Waals surface area contributed by atoms with Gasteiger partial charge in [0.15, 0.2) is 5.43 Å². The fourth-order valence-electron chi connectivity index (χ4n) is 1.83. The Balaban J connectivity index is 2.64. The van der Waals surface area contributed by atoms with E-state index in [1.54, 1.807) is 0 Å². The Morgan fingerprint density at radius 1 is 1.38 bits per heavy atom. The van der Waals surface area contributed by atoms with Crippen LogP contribution in [0.2, 0.25) is 0 Å². The number of hydrogen-bond donors (Lipinski definition) is 1. The largest absolute Gasteiger partial charge is 0.361 e. The number of nitrogens with one attached hydrogen (secondary N) is 1. The highest BCUT2D eigenvalue weighted by molar-refractivity contribution is 9.10. The Hall–Kier alpha value is -1.09. The summed E-state index contributed by atoms with van der Waals surface area (Å²) in [5.41, 5.74) is 1.89. The molecule has 2 aromatic rings. The van der Waals surface area contributed by atoms with Crippen molar-refractivity contribution in [2.45, 2.75) is 20.3 Å². The maximum absolute atomic E-state index is 12.2. The molecule has 1 aromatic heterocycles. The number of aromatic nitrogens is 1. The summed E-state index contributed by atoms with van der Waals surface area (Å²) in [6, 6.07) is 5.72. The lowest BCUT2D eigenvalue weighted by atomic mass is 10.0. The molecule has 84 valence electrons. The Morgan fingerprint density at radius 3 is 2.81 bits per heavy atom. The van der Waals surface area contributed by atoms with Gasteiger partial charge in [0.1, 0.15) is 0 Å². The van der Waals surface area contributed by atoms with E-state index in [-0.39, 0.29) is 5.43 Å². The van der Waals surface area contributed by atoms with Gasteiger partial charge in [0.05, 0.1) is 0 Å². The van der Waals surface area contributed by atoms with Gasteiger partial charge in [0.2, 0.25) is 0 Å². The van der Waals surface area contributed by atoms with E-state index in [1.165, 1.54) is 0 Å². The van der Waals surface area contributed by atoms with Crippen molar-refractivity contribution in [3.05, 3.63) is 44.7 Å². The molecule has 0 bridgehead atoms. The van der Waals surface area contributed by atoms with Gasteiger partial charge in [-0.15, -0.1) is 0 Å². The minimum Gasteiger partial charge on any atom is -0.361 e. The molecule has 0 saturated heterocycles. The van der Waals surface area contributed by atoms with Crippen LogP contribution < -0.4 is 5.43 Å². The van der Waals surface area contributed by atoms with Gasteiger partial charge in [-0.1, -0.05) is 29.8 Å². The number of pyridine rings is 1. The Morgan fingerprint density at radius 2 is 2.12 bits per heavy atom. The molecular weight excluding hydrogens is 266 g/mol. The third-order valence-corrected chi connectivity index (χ3v) is 3.04. The summed E-state index contributed by atoms with van der Waals surface area (Å²) < 4.78 is 0.937. The van der Waals surface area contributed by atoms with E-state index >= 15 is 0 Å². The number of benzene rings is 1. The van der Waals surface area contributed by atoms with Crippen LogP contribution in [0.25, 0.3) is 10.9 Å². The summed E-state index contributed by atoms with van der Waals surface area (Å²) in [6.45, 7) is 4.23. The van der Waals surface area contributed by atoms with Crippen molar-refractivity contribution in [1.29, 1.82) is 0 Å². The Bertz CT molecular complexity index is 572. The fraction of sp³-hybridized carbons (Fsp3) is 0.308.